The monoisotopic (exact) mass is 594 g/mol. The lowest BCUT2D eigenvalue weighted by Crippen LogP contribution is -2.27. The molecule has 1 fully saturated rings. The van der Waals surface area contributed by atoms with E-state index in [1.165, 1.54) is 0 Å². The number of hydrogen-bond acceptors (Lipinski definition) is 8. The van der Waals surface area contributed by atoms with Crippen molar-refractivity contribution in [2.75, 3.05) is 26.4 Å². The number of hydrogen-bond donors (Lipinski definition) is 4. The maximum atomic E-state index is 10.0. The van der Waals surface area contributed by atoms with Crippen LogP contribution in [0.25, 0.3) is 0 Å². The molecule has 1 aliphatic heterocycles. The van der Waals surface area contributed by atoms with Gasteiger partial charge in [0, 0.05) is 0 Å². The van der Waals surface area contributed by atoms with Crippen LogP contribution in [0.3, 0.4) is 0 Å². The minimum absolute atomic E-state index is 0. The van der Waals surface area contributed by atoms with Gasteiger partial charge in [0.2, 0.25) is 0 Å². The van der Waals surface area contributed by atoms with Crippen LogP contribution in [0.4, 0.5) is 0 Å². The second kappa shape index (κ2) is 19.1. The lowest BCUT2D eigenvalue weighted by Gasteiger charge is -2.24. The van der Waals surface area contributed by atoms with Crippen LogP contribution in [0.1, 0.15) is 37.2 Å². The van der Waals surface area contributed by atoms with Crippen LogP contribution in [-0.4, -0.2) is 64.5 Å². The Hall–Kier alpha value is -4.12. The molecule has 1 unspecified atom stereocenters. The molecule has 0 bridgehead atoms. The third kappa shape index (κ3) is 11.2. The molecule has 5 rings (SSSR count). The number of aliphatic hydroxyl groups is 3. The van der Waals surface area contributed by atoms with Crippen LogP contribution >= 0.6 is 0 Å². The number of phenols is 1. The molecule has 4 aromatic rings. The highest BCUT2D eigenvalue weighted by Gasteiger charge is 2.39. The molecule has 1 heterocycles. The summed E-state index contributed by atoms with van der Waals surface area (Å²) in [6.07, 6.45) is -1.49. The Morgan fingerprint density at radius 3 is 1.74 bits per heavy atom. The van der Waals surface area contributed by atoms with Crippen LogP contribution in [-0.2, 0) is 4.74 Å². The van der Waals surface area contributed by atoms with Gasteiger partial charge in [0.15, 0.2) is 29.1 Å². The standard InChI is InChI=1S/C17H20O4.C9H10O2.C8H10O2.H2O/c1-2-20-15-10-6-7-11-16(15)21-17(14(19)12-18)13-8-4-3-5-9-13;10-6-8-9(11-8)7-4-2-1-3-5-7;1-2-10-8-6-4-3-5-7(8)9;/h3-11,14,17-19H,2,12H2,1H3;1-5,8-10H,6H2;3-6,9H,2H2,1H3;1H2/t14-,17+;8-,9?;;/m11../s1. The average Bonchev–Trinajstić information content (AvgIpc) is 3.83. The average molecular weight is 595 g/mol. The maximum absolute atomic E-state index is 10.0. The number of aromatic hydroxyl groups is 1. The first-order valence-electron chi connectivity index (χ1n) is 14.0. The molecule has 9 nitrogen and oxygen atoms in total. The topological polar surface area (TPSA) is 153 Å². The molecule has 1 saturated heterocycles. The Balaban J connectivity index is 0.000000246. The van der Waals surface area contributed by atoms with Crippen molar-refractivity contribution in [2.45, 2.75) is 38.3 Å². The minimum Gasteiger partial charge on any atom is -0.504 e. The van der Waals surface area contributed by atoms with Crippen molar-refractivity contribution in [3.63, 3.8) is 0 Å². The van der Waals surface area contributed by atoms with E-state index in [9.17, 15) is 10.2 Å². The molecule has 0 spiro atoms. The van der Waals surface area contributed by atoms with E-state index in [1.54, 1.807) is 24.3 Å². The molecule has 9 heteroatoms. The molecule has 0 aliphatic carbocycles. The Bertz CT molecular complexity index is 1290. The Morgan fingerprint density at radius 1 is 0.698 bits per heavy atom. The summed E-state index contributed by atoms with van der Waals surface area (Å²) in [5, 5.41) is 37.1. The molecule has 4 atom stereocenters. The van der Waals surface area contributed by atoms with Gasteiger partial charge in [0.25, 0.3) is 0 Å². The van der Waals surface area contributed by atoms with E-state index in [2.05, 4.69) is 0 Å². The van der Waals surface area contributed by atoms with E-state index in [1.807, 2.05) is 98.8 Å². The lowest BCUT2D eigenvalue weighted by molar-refractivity contribution is -0.00305. The van der Waals surface area contributed by atoms with Crippen molar-refractivity contribution >= 4 is 0 Å². The van der Waals surface area contributed by atoms with Crippen LogP contribution in [0.5, 0.6) is 23.0 Å². The predicted octanol–water partition coefficient (Wildman–Crippen LogP) is 4.64. The lowest BCUT2D eigenvalue weighted by atomic mass is 10.0. The fraction of sp³-hybridized carbons (Fsp3) is 0.294. The second-order valence-electron chi connectivity index (χ2n) is 9.17. The van der Waals surface area contributed by atoms with E-state index in [4.69, 9.17) is 29.2 Å². The summed E-state index contributed by atoms with van der Waals surface area (Å²) in [5.41, 5.74) is 1.96. The van der Waals surface area contributed by atoms with Gasteiger partial charge < -0.3 is 44.8 Å². The van der Waals surface area contributed by atoms with Crippen LogP contribution in [0.2, 0.25) is 0 Å². The number of rotatable bonds is 11. The third-order valence-electron chi connectivity index (χ3n) is 6.12. The van der Waals surface area contributed by atoms with Gasteiger partial charge in [0.05, 0.1) is 26.4 Å². The third-order valence-corrected chi connectivity index (χ3v) is 6.12. The summed E-state index contributed by atoms with van der Waals surface area (Å²) in [4.78, 5) is 0. The normalized spacial score (nSPS) is 16.0. The largest absolute Gasteiger partial charge is 0.504 e. The van der Waals surface area contributed by atoms with Gasteiger partial charge in [-0.25, -0.2) is 0 Å². The molecular formula is C34H42O9. The summed E-state index contributed by atoms with van der Waals surface area (Å²) in [7, 11) is 0. The number of ether oxygens (including phenoxy) is 4. The number of phenolic OH excluding ortho intramolecular Hbond substituents is 1. The quantitative estimate of drug-likeness (QED) is 0.183. The van der Waals surface area contributed by atoms with Crippen LogP contribution in [0, 0.1) is 0 Å². The zero-order valence-electron chi connectivity index (χ0n) is 24.5. The summed E-state index contributed by atoms with van der Waals surface area (Å²) in [6.45, 7) is 4.63. The van der Waals surface area contributed by atoms with Gasteiger partial charge in [-0.1, -0.05) is 84.9 Å². The van der Waals surface area contributed by atoms with E-state index in [0.717, 1.165) is 11.1 Å². The summed E-state index contributed by atoms with van der Waals surface area (Å²) in [6, 6.07) is 33.5. The summed E-state index contributed by atoms with van der Waals surface area (Å²) >= 11 is 0. The van der Waals surface area contributed by atoms with Crippen molar-refractivity contribution < 1.29 is 44.8 Å². The van der Waals surface area contributed by atoms with E-state index in [-0.39, 0.29) is 36.6 Å². The SMILES string of the molecule is CCOc1ccccc1O.CCOc1ccccc1O[C@@H](c1ccccc1)[C@H](O)CO.O.OC[C@H]1OC1c1ccccc1. The van der Waals surface area contributed by atoms with Crippen LogP contribution < -0.4 is 14.2 Å². The summed E-state index contributed by atoms with van der Waals surface area (Å²) in [5.74, 6) is 1.90. The first-order chi connectivity index (χ1) is 20.5. The highest BCUT2D eigenvalue weighted by Crippen LogP contribution is 2.37. The number of para-hydroxylation sites is 4. The van der Waals surface area contributed by atoms with E-state index >= 15 is 0 Å². The molecule has 6 N–H and O–H groups in total. The maximum Gasteiger partial charge on any atom is 0.162 e. The van der Waals surface area contributed by atoms with Crippen molar-refractivity contribution in [1.82, 2.24) is 0 Å². The van der Waals surface area contributed by atoms with Crippen molar-refractivity contribution in [3.05, 3.63) is 120 Å². The Labute approximate surface area is 252 Å². The molecule has 43 heavy (non-hydrogen) atoms. The van der Waals surface area contributed by atoms with Gasteiger partial charge in [-0.05, 0) is 49.2 Å². The molecule has 0 aromatic heterocycles. The van der Waals surface area contributed by atoms with Gasteiger partial charge in [-0.3, -0.25) is 0 Å². The summed E-state index contributed by atoms with van der Waals surface area (Å²) < 4.78 is 21.7. The highest BCUT2D eigenvalue weighted by atomic mass is 16.6. The van der Waals surface area contributed by atoms with Gasteiger partial charge in [0.1, 0.15) is 18.3 Å². The smallest absolute Gasteiger partial charge is 0.162 e. The second-order valence-corrected chi connectivity index (χ2v) is 9.17. The van der Waals surface area contributed by atoms with Crippen molar-refractivity contribution in [2.24, 2.45) is 0 Å². The van der Waals surface area contributed by atoms with Gasteiger partial charge in [-0.15, -0.1) is 0 Å². The first kappa shape index (κ1) is 35.1. The molecule has 0 saturated carbocycles. The fourth-order valence-electron chi connectivity index (χ4n) is 4.02. The van der Waals surface area contributed by atoms with E-state index in [0.29, 0.717) is 30.5 Å². The number of epoxide rings is 1. The number of benzene rings is 4. The zero-order chi connectivity index (χ0) is 30.2. The van der Waals surface area contributed by atoms with Crippen LogP contribution in [0.15, 0.2) is 109 Å². The van der Waals surface area contributed by atoms with Gasteiger partial charge in [-0.2, -0.15) is 0 Å². The van der Waals surface area contributed by atoms with Crippen molar-refractivity contribution in [3.8, 4) is 23.0 Å². The zero-order valence-corrected chi connectivity index (χ0v) is 24.5. The fourth-order valence-corrected chi connectivity index (χ4v) is 4.02. The molecule has 4 aromatic carbocycles. The van der Waals surface area contributed by atoms with Crippen molar-refractivity contribution in [1.29, 1.82) is 0 Å². The highest BCUT2D eigenvalue weighted by molar-refractivity contribution is 5.40. The van der Waals surface area contributed by atoms with E-state index < -0.39 is 12.2 Å². The molecule has 0 radical (unpaired) electrons. The Morgan fingerprint density at radius 2 is 1.21 bits per heavy atom. The molecule has 0 amide bonds. The number of aliphatic hydroxyl groups excluding tert-OH is 3. The first-order valence-corrected chi connectivity index (χ1v) is 14.0. The minimum atomic E-state index is -1.01. The molecule has 1 aliphatic rings. The molecule has 232 valence electrons. The Kier molecular flexibility index (Phi) is 15.6. The van der Waals surface area contributed by atoms with Gasteiger partial charge >= 0.3 is 0 Å². The molecular weight excluding hydrogens is 552 g/mol. The predicted molar refractivity (Wildman–Crippen MR) is 165 cm³/mol.